The largest absolute Gasteiger partial charge is 0.328 e. The molecule has 2 heterocycles. The molecule has 0 spiro atoms. The molecule has 1 saturated heterocycles. The normalized spacial score (nSPS) is 24.5. The average Bonchev–Trinajstić information content (AvgIpc) is 2.91. The van der Waals surface area contributed by atoms with Crippen LogP contribution in [0.15, 0.2) is 21.7 Å². The Balaban J connectivity index is 1.67. The van der Waals surface area contributed by atoms with Crippen molar-refractivity contribution >= 4 is 21.4 Å². The summed E-state index contributed by atoms with van der Waals surface area (Å²) in [5.74, 6) is 0. The van der Waals surface area contributed by atoms with Crippen molar-refractivity contribution in [1.29, 1.82) is 0 Å². The second kappa shape index (κ2) is 6.81. The van der Waals surface area contributed by atoms with E-state index >= 15 is 0 Å². The zero-order valence-corrected chi connectivity index (χ0v) is 12.9. The van der Waals surface area contributed by atoms with Crippen LogP contribution in [0.2, 0.25) is 0 Å². The van der Waals surface area contributed by atoms with Gasteiger partial charge < -0.3 is 9.80 Å². The quantitative estimate of drug-likeness (QED) is 0.524. The summed E-state index contributed by atoms with van der Waals surface area (Å²) in [7, 11) is -1.05. The summed E-state index contributed by atoms with van der Waals surface area (Å²) in [4.78, 5) is 3.20. The molecule has 5 nitrogen and oxygen atoms in total. The Bertz CT molecular complexity index is 465. The molecule has 19 heavy (non-hydrogen) atoms. The summed E-state index contributed by atoms with van der Waals surface area (Å²) >= 11 is 1.26. The maximum absolute atomic E-state index is 11.9. The van der Waals surface area contributed by atoms with Gasteiger partial charge in [0.25, 0.3) is 0 Å². The van der Waals surface area contributed by atoms with Crippen LogP contribution in [0.3, 0.4) is 0 Å². The molecule has 0 saturated carbocycles. The number of nitrogens with one attached hydrogen (secondary N) is 3. The smallest absolute Gasteiger partial charge is 0.250 e. The van der Waals surface area contributed by atoms with Crippen molar-refractivity contribution < 1.29 is 18.2 Å². The van der Waals surface area contributed by atoms with E-state index in [1.807, 2.05) is 0 Å². The highest BCUT2D eigenvalue weighted by atomic mass is 32.2. The number of hydrogen-bond donors (Lipinski definition) is 3. The lowest BCUT2D eigenvalue weighted by atomic mass is 10.3. The molecule has 0 amide bonds. The van der Waals surface area contributed by atoms with Crippen LogP contribution in [0.25, 0.3) is 0 Å². The fraction of sp³-hybridized carbons (Fsp3) is 0.667. The topological polar surface area (TPSA) is 55.1 Å². The highest BCUT2D eigenvalue weighted by Crippen LogP contribution is 2.14. The summed E-state index contributed by atoms with van der Waals surface area (Å²) in [6.07, 6.45) is 0.902. The van der Waals surface area contributed by atoms with Crippen LogP contribution in [0.4, 0.5) is 0 Å². The molecule has 0 aliphatic carbocycles. The van der Waals surface area contributed by atoms with Crippen molar-refractivity contribution in [3.63, 3.8) is 0 Å². The highest BCUT2D eigenvalue weighted by Gasteiger charge is 2.19. The van der Waals surface area contributed by atoms with Crippen LogP contribution in [0.5, 0.6) is 0 Å². The first kappa shape index (κ1) is 14.9. The van der Waals surface area contributed by atoms with Gasteiger partial charge in [-0.1, -0.05) is 6.07 Å². The Hall–Kier alpha value is -0.470. The summed E-state index contributed by atoms with van der Waals surface area (Å²) < 4.78 is 26.8. The molecule has 0 bridgehead atoms. The van der Waals surface area contributed by atoms with Crippen molar-refractivity contribution in [2.75, 3.05) is 46.3 Å². The molecule has 7 heteroatoms. The van der Waals surface area contributed by atoms with Crippen molar-refractivity contribution in [2.24, 2.45) is 0 Å². The van der Waals surface area contributed by atoms with E-state index in [9.17, 15) is 8.42 Å². The molecule has 1 aliphatic rings. The van der Waals surface area contributed by atoms with Gasteiger partial charge in [-0.05, 0) is 11.4 Å². The fourth-order valence-corrected chi connectivity index (χ4v) is 4.42. The van der Waals surface area contributed by atoms with Gasteiger partial charge >= 0.3 is 0 Å². The van der Waals surface area contributed by atoms with Crippen LogP contribution in [0, 0.1) is 0 Å². The summed E-state index contributed by atoms with van der Waals surface area (Å²) in [5.41, 5.74) is 0. The molecule has 1 aromatic heterocycles. The number of rotatable bonds is 6. The molecule has 0 aromatic carbocycles. The van der Waals surface area contributed by atoms with Crippen molar-refractivity contribution in [1.82, 2.24) is 4.72 Å². The summed E-state index contributed by atoms with van der Waals surface area (Å²) in [6.45, 7) is 6.42. The zero-order chi connectivity index (χ0) is 13.7. The molecule has 0 atom stereocenters. The molecular formula is C12H23N3O2S2+2. The molecule has 0 radical (unpaired) electrons. The van der Waals surface area contributed by atoms with Crippen LogP contribution in [-0.4, -0.2) is 54.7 Å². The Morgan fingerprint density at radius 1 is 1.32 bits per heavy atom. The van der Waals surface area contributed by atoms with Gasteiger partial charge in [0.2, 0.25) is 10.0 Å². The molecular weight excluding hydrogens is 282 g/mol. The predicted molar refractivity (Wildman–Crippen MR) is 76.3 cm³/mol. The third-order valence-electron chi connectivity index (χ3n) is 3.57. The molecule has 2 rings (SSSR count). The van der Waals surface area contributed by atoms with Crippen LogP contribution in [0.1, 0.15) is 6.42 Å². The van der Waals surface area contributed by atoms with E-state index in [1.165, 1.54) is 37.5 Å². The molecule has 108 valence electrons. The minimum Gasteiger partial charge on any atom is -0.328 e. The maximum Gasteiger partial charge on any atom is 0.250 e. The second-order valence-electron chi connectivity index (χ2n) is 5.14. The van der Waals surface area contributed by atoms with E-state index in [0.717, 1.165) is 13.0 Å². The minimum atomic E-state index is -3.27. The number of hydrogen-bond acceptors (Lipinski definition) is 3. The summed E-state index contributed by atoms with van der Waals surface area (Å²) in [5, 5.41) is 1.78. The first-order valence-electron chi connectivity index (χ1n) is 6.76. The molecule has 0 unspecified atom stereocenters. The van der Waals surface area contributed by atoms with E-state index in [0.29, 0.717) is 10.8 Å². The number of quaternary nitrogens is 2. The Morgan fingerprint density at radius 3 is 2.68 bits per heavy atom. The SMILES string of the molecule is C[NH+]1CC[NH+](CCCNS(=O)(=O)c2cccs2)CC1. The van der Waals surface area contributed by atoms with E-state index in [4.69, 9.17) is 0 Å². The van der Waals surface area contributed by atoms with Gasteiger partial charge in [0.1, 0.15) is 30.4 Å². The molecule has 1 aliphatic heterocycles. The van der Waals surface area contributed by atoms with Gasteiger partial charge in [0.15, 0.2) is 0 Å². The third-order valence-corrected chi connectivity index (χ3v) is 6.43. The average molecular weight is 305 g/mol. The van der Waals surface area contributed by atoms with E-state index in [1.54, 1.807) is 27.3 Å². The minimum absolute atomic E-state index is 0.406. The maximum atomic E-state index is 11.9. The number of piperazine rings is 1. The van der Waals surface area contributed by atoms with Gasteiger partial charge in [-0.2, -0.15) is 0 Å². The van der Waals surface area contributed by atoms with Crippen molar-refractivity contribution in [3.8, 4) is 0 Å². The van der Waals surface area contributed by atoms with Crippen LogP contribution < -0.4 is 14.5 Å². The highest BCUT2D eigenvalue weighted by molar-refractivity contribution is 7.91. The summed E-state index contributed by atoms with van der Waals surface area (Å²) in [6, 6.07) is 3.40. The van der Waals surface area contributed by atoms with E-state index in [-0.39, 0.29) is 0 Å². The van der Waals surface area contributed by atoms with Gasteiger partial charge in [0, 0.05) is 13.0 Å². The molecule has 3 N–H and O–H groups in total. The molecule has 1 aromatic rings. The standard InChI is InChI=1S/C12H21N3O2S2/c1-14-7-9-15(10-8-14)6-3-5-13-19(16,17)12-4-2-11-18-12/h2,4,11,13H,3,5-10H2,1H3/p+2. The fourth-order valence-electron chi connectivity index (χ4n) is 2.31. The number of likely N-dealkylation sites (N-methyl/N-ethyl adjacent to an activating group) is 1. The first-order valence-corrected chi connectivity index (χ1v) is 9.12. The van der Waals surface area contributed by atoms with E-state index in [2.05, 4.69) is 11.8 Å². The molecule has 1 fully saturated rings. The van der Waals surface area contributed by atoms with Gasteiger partial charge in [-0.3, -0.25) is 0 Å². The zero-order valence-electron chi connectivity index (χ0n) is 11.3. The van der Waals surface area contributed by atoms with Crippen LogP contribution >= 0.6 is 11.3 Å². The first-order chi connectivity index (χ1) is 9.08. The lowest BCUT2D eigenvalue weighted by Gasteiger charge is -2.27. The second-order valence-corrected chi connectivity index (χ2v) is 8.08. The lowest BCUT2D eigenvalue weighted by molar-refractivity contribution is -1.00. The lowest BCUT2D eigenvalue weighted by Crippen LogP contribution is -3.27. The Kier molecular flexibility index (Phi) is 5.35. The van der Waals surface area contributed by atoms with Gasteiger partial charge in [-0.25, -0.2) is 13.1 Å². The van der Waals surface area contributed by atoms with Gasteiger partial charge in [-0.15, -0.1) is 11.3 Å². The van der Waals surface area contributed by atoms with Crippen LogP contribution in [-0.2, 0) is 10.0 Å². The van der Waals surface area contributed by atoms with E-state index < -0.39 is 10.0 Å². The number of thiophene rings is 1. The van der Waals surface area contributed by atoms with Gasteiger partial charge in [0.05, 0.1) is 13.6 Å². The number of sulfonamides is 1. The Labute approximate surface area is 119 Å². The Morgan fingerprint density at radius 2 is 2.05 bits per heavy atom. The predicted octanol–water partition coefficient (Wildman–Crippen LogP) is -2.17. The van der Waals surface area contributed by atoms with Crippen molar-refractivity contribution in [2.45, 2.75) is 10.6 Å². The van der Waals surface area contributed by atoms with Crippen molar-refractivity contribution in [3.05, 3.63) is 17.5 Å². The monoisotopic (exact) mass is 305 g/mol. The third kappa shape index (κ3) is 4.54.